The second-order valence-electron chi connectivity index (χ2n) is 4.55. The van der Waals surface area contributed by atoms with Gasteiger partial charge in [0.25, 0.3) is 0 Å². The number of carbonyl (C=O) groups is 1. The molecule has 114 valence electrons. The molecule has 0 aliphatic rings. The minimum absolute atomic E-state index is 0.130. The van der Waals surface area contributed by atoms with Crippen molar-refractivity contribution < 1.29 is 14.3 Å². The van der Waals surface area contributed by atoms with E-state index in [4.69, 9.17) is 28.3 Å². The summed E-state index contributed by atoms with van der Waals surface area (Å²) >= 11 is 14.4. The number of nitrogens with one attached hydrogen (secondary N) is 1. The van der Waals surface area contributed by atoms with E-state index < -0.39 is 11.9 Å². The average Bonchev–Trinajstić information content (AvgIpc) is 2.86. The highest BCUT2D eigenvalue weighted by molar-refractivity contribution is 14.1. The predicted molar refractivity (Wildman–Crippen MR) is 92.7 cm³/mol. The van der Waals surface area contributed by atoms with E-state index in [0.717, 1.165) is 11.0 Å². The third kappa shape index (κ3) is 2.19. The largest absolute Gasteiger partial charge is 0.465 e. The van der Waals surface area contributed by atoms with Crippen molar-refractivity contribution in [3.63, 3.8) is 0 Å². The molecular formula is C13H7Cl2FIN3O2. The van der Waals surface area contributed by atoms with E-state index in [1.807, 2.05) is 22.6 Å². The molecule has 2 heterocycles. The Labute approximate surface area is 147 Å². The number of aromatic nitrogens is 2. The number of aromatic amines is 1. The van der Waals surface area contributed by atoms with Crippen LogP contribution in [0.15, 0.2) is 12.3 Å². The number of nitrogens with zero attached hydrogens (tertiary/aromatic N) is 2. The van der Waals surface area contributed by atoms with Gasteiger partial charge in [0.2, 0.25) is 0 Å². The van der Waals surface area contributed by atoms with Crippen molar-refractivity contribution in [2.24, 2.45) is 0 Å². The summed E-state index contributed by atoms with van der Waals surface area (Å²) in [7, 11) is 1.31. The van der Waals surface area contributed by atoms with E-state index in [2.05, 4.69) is 9.97 Å². The van der Waals surface area contributed by atoms with Gasteiger partial charge in [0.1, 0.15) is 11.5 Å². The second kappa shape index (κ2) is 5.39. The van der Waals surface area contributed by atoms with Gasteiger partial charge in [-0.1, -0.05) is 23.2 Å². The normalized spacial score (nSPS) is 11.3. The number of hydrogen-bond acceptors (Lipinski definition) is 2. The standard InChI is InChI=1S/C13H7Cl2FIN3O2/c1-20(13(21)22)6-2-4(16)9(14)7-8-10(15)5(17)3-18-12(8)19-11(6)7/h2-3H,1H3,(H,18,19)(H,21,22). The molecule has 2 aromatic heterocycles. The smallest absolute Gasteiger partial charge is 0.411 e. The monoisotopic (exact) mass is 453 g/mol. The molecule has 5 nitrogen and oxygen atoms in total. The first-order chi connectivity index (χ1) is 10.3. The molecule has 2 N–H and O–H groups in total. The topological polar surface area (TPSA) is 69.2 Å². The molecule has 1 aromatic carbocycles. The molecule has 0 saturated heterocycles. The lowest BCUT2D eigenvalue weighted by atomic mass is 10.1. The summed E-state index contributed by atoms with van der Waals surface area (Å²) in [5.74, 6) is -0.729. The van der Waals surface area contributed by atoms with Crippen LogP contribution in [0.4, 0.5) is 14.9 Å². The third-order valence-corrected chi connectivity index (χ3v) is 5.21. The zero-order valence-electron chi connectivity index (χ0n) is 10.9. The summed E-state index contributed by atoms with van der Waals surface area (Å²) in [5.41, 5.74) is 0.907. The van der Waals surface area contributed by atoms with E-state index in [9.17, 15) is 9.18 Å². The molecular weight excluding hydrogens is 447 g/mol. The fraction of sp³-hybridized carbons (Fsp3) is 0.0769. The van der Waals surface area contributed by atoms with Gasteiger partial charge in [-0.2, -0.15) is 0 Å². The Kier molecular flexibility index (Phi) is 3.82. The molecule has 0 radical (unpaired) electrons. The first kappa shape index (κ1) is 15.6. The van der Waals surface area contributed by atoms with E-state index in [-0.39, 0.29) is 10.7 Å². The minimum atomic E-state index is -1.23. The molecule has 1 amide bonds. The molecule has 3 aromatic rings. The number of amides is 1. The van der Waals surface area contributed by atoms with Crippen LogP contribution in [-0.4, -0.2) is 28.2 Å². The molecule has 0 spiro atoms. The van der Waals surface area contributed by atoms with Crippen LogP contribution in [0.3, 0.4) is 0 Å². The fourth-order valence-corrected chi connectivity index (χ4v) is 3.13. The van der Waals surface area contributed by atoms with Crippen LogP contribution in [0, 0.1) is 9.39 Å². The molecule has 0 aliphatic carbocycles. The Hall–Kier alpha value is -1.32. The Morgan fingerprint density at radius 2 is 2.09 bits per heavy atom. The Morgan fingerprint density at radius 1 is 1.41 bits per heavy atom. The molecule has 0 fully saturated rings. The minimum Gasteiger partial charge on any atom is -0.465 e. The molecule has 0 aliphatic heterocycles. The maximum Gasteiger partial charge on any atom is 0.411 e. The molecule has 9 heteroatoms. The van der Waals surface area contributed by atoms with Gasteiger partial charge in [-0.25, -0.2) is 14.2 Å². The number of halogens is 4. The molecule has 3 rings (SSSR count). The zero-order valence-corrected chi connectivity index (χ0v) is 14.6. The van der Waals surface area contributed by atoms with E-state index in [1.165, 1.54) is 7.05 Å². The average molecular weight is 454 g/mol. The lowest BCUT2D eigenvalue weighted by molar-refractivity contribution is 0.203. The first-order valence-corrected chi connectivity index (χ1v) is 7.76. The van der Waals surface area contributed by atoms with E-state index in [0.29, 0.717) is 30.5 Å². The van der Waals surface area contributed by atoms with Gasteiger partial charge in [0.05, 0.1) is 24.8 Å². The van der Waals surface area contributed by atoms with Crippen LogP contribution in [0.2, 0.25) is 10.0 Å². The third-order valence-electron chi connectivity index (χ3n) is 3.31. The summed E-state index contributed by atoms with van der Waals surface area (Å²) < 4.78 is 14.8. The van der Waals surface area contributed by atoms with Crippen LogP contribution in [0.5, 0.6) is 0 Å². The molecule has 0 unspecified atom stereocenters. The molecule has 0 saturated carbocycles. The Morgan fingerprint density at radius 3 is 2.73 bits per heavy atom. The lowest BCUT2D eigenvalue weighted by Crippen LogP contribution is -2.24. The van der Waals surface area contributed by atoms with E-state index >= 15 is 0 Å². The molecule has 0 atom stereocenters. The van der Waals surface area contributed by atoms with Gasteiger partial charge in [-0.3, -0.25) is 4.90 Å². The number of benzene rings is 1. The van der Waals surface area contributed by atoms with Crippen molar-refractivity contribution in [2.45, 2.75) is 0 Å². The predicted octanol–water partition coefficient (Wildman–Crippen LogP) is 4.88. The van der Waals surface area contributed by atoms with Crippen LogP contribution in [0.25, 0.3) is 21.9 Å². The number of H-pyrrole nitrogens is 1. The van der Waals surface area contributed by atoms with Crippen molar-refractivity contribution in [2.75, 3.05) is 11.9 Å². The maximum atomic E-state index is 14.1. The number of anilines is 1. The van der Waals surface area contributed by atoms with Crippen LogP contribution < -0.4 is 4.90 Å². The van der Waals surface area contributed by atoms with Crippen molar-refractivity contribution >= 4 is 79.5 Å². The summed E-state index contributed by atoms with van der Waals surface area (Å²) in [4.78, 5) is 19.3. The highest BCUT2D eigenvalue weighted by Gasteiger charge is 2.22. The molecule has 0 bridgehead atoms. The quantitative estimate of drug-likeness (QED) is 0.516. The zero-order chi connectivity index (χ0) is 16.2. The van der Waals surface area contributed by atoms with Crippen molar-refractivity contribution in [3.05, 3.63) is 31.7 Å². The number of hydrogen-bond donors (Lipinski definition) is 2. The van der Waals surface area contributed by atoms with Crippen molar-refractivity contribution in [1.82, 2.24) is 9.97 Å². The number of pyridine rings is 1. The summed E-state index contributed by atoms with van der Waals surface area (Å²) in [5, 5.41) is 10.2. The van der Waals surface area contributed by atoms with Gasteiger partial charge in [0, 0.05) is 30.1 Å². The Balaban J connectivity index is 2.54. The van der Waals surface area contributed by atoms with Crippen LogP contribution in [0.1, 0.15) is 0 Å². The SMILES string of the molecule is CN(C(=O)O)c1cc(F)c(Cl)c2c1[nH]c1ncc(I)c(Cl)c12. The van der Waals surface area contributed by atoms with Crippen molar-refractivity contribution in [3.8, 4) is 0 Å². The van der Waals surface area contributed by atoms with Crippen LogP contribution >= 0.6 is 45.8 Å². The fourth-order valence-electron chi connectivity index (χ4n) is 2.25. The first-order valence-electron chi connectivity index (χ1n) is 5.93. The van der Waals surface area contributed by atoms with Crippen LogP contribution in [-0.2, 0) is 0 Å². The summed E-state index contributed by atoms with van der Waals surface area (Å²) in [6.45, 7) is 0. The number of carboxylic acid groups (broad SMARTS) is 1. The highest BCUT2D eigenvalue weighted by Crippen LogP contribution is 2.41. The van der Waals surface area contributed by atoms with Gasteiger partial charge in [-0.15, -0.1) is 0 Å². The van der Waals surface area contributed by atoms with Crippen molar-refractivity contribution in [1.29, 1.82) is 0 Å². The van der Waals surface area contributed by atoms with E-state index in [1.54, 1.807) is 6.20 Å². The van der Waals surface area contributed by atoms with Gasteiger partial charge >= 0.3 is 6.09 Å². The maximum absolute atomic E-state index is 14.1. The lowest BCUT2D eigenvalue weighted by Gasteiger charge is -2.15. The van der Waals surface area contributed by atoms with Gasteiger partial charge in [-0.05, 0) is 22.6 Å². The number of rotatable bonds is 1. The summed E-state index contributed by atoms with van der Waals surface area (Å²) in [6, 6.07) is 1.06. The van der Waals surface area contributed by atoms with Gasteiger partial charge < -0.3 is 10.1 Å². The summed E-state index contributed by atoms with van der Waals surface area (Å²) in [6.07, 6.45) is 0.334. The number of fused-ring (bicyclic) bond motifs is 3. The van der Waals surface area contributed by atoms with Gasteiger partial charge in [0.15, 0.2) is 0 Å². The molecule has 22 heavy (non-hydrogen) atoms. The highest BCUT2D eigenvalue weighted by atomic mass is 127. The Bertz CT molecular complexity index is 944. The second-order valence-corrected chi connectivity index (χ2v) is 6.47.